The van der Waals surface area contributed by atoms with E-state index in [1.54, 1.807) is 23.3 Å². The fourth-order valence-electron chi connectivity index (χ4n) is 3.82. The number of carbonyl (C=O) groups excluding carboxylic acids is 3. The summed E-state index contributed by atoms with van der Waals surface area (Å²) in [6.45, 7) is 6.17. The number of nitrogens with one attached hydrogen (secondary N) is 2. The van der Waals surface area contributed by atoms with Crippen LogP contribution in [-0.4, -0.2) is 36.4 Å². The van der Waals surface area contributed by atoms with E-state index in [4.69, 9.17) is 4.74 Å². The van der Waals surface area contributed by atoms with Gasteiger partial charge in [0.1, 0.15) is 5.75 Å². The summed E-state index contributed by atoms with van der Waals surface area (Å²) in [6, 6.07) is 9.58. The highest BCUT2D eigenvalue weighted by Gasteiger charge is 2.36. The van der Waals surface area contributed by atoms with Crippen molar-refractivity contribution >= 4 is 51.2 Å². The van der Waals surface area contributed by atoms with Gasteiger partial charge >= 0.3 is 0 Å². The molecule has 3 aromatic rings. The zero-order chi connectivity index (χ0) is 24.4. The van der Waals surface area contributed by atoms with Crippen LogP contribution in [-0.2, 0) is 20.9 Å². The van der Waals surface area contributed by atoms with Crippen molar-refractivity contribution in [3.8, 4) is 16.3 Å². The molecule has 8 nitrogen and oxygen atoms in total. The number of methoxy groups -OCH3 is 1. The number of hydrogen-bond donors (Lipinski definition) is 2. The van der Waals surface area contributed by atoms with Crippen LogP contribution in [0.15, 0.2) is 30.3 Å². The quantitative estimate of drug-likeness (QED) is 0.510. The maximum Gasteiger partial charge on any atom is 0.231 e. The molecule has 1 saturated heterocycles. The molecule has 10 heteroatoms. The summed E-state index contributed by atoms with van der Waals surface area (Å²) in [5.74, 6) is -0.273. The Morgan fingerprint density at radius 1 is 1.21 bits per heavy atom. The number of aromatic nitrogens is 1. The Hall–Kier alpha value is -3.24. The van der Waals surface area contributed by atoms with E-state index in [9.17, 15) is 14.4 Å². The molecule has 0 spiro atoms. The van der Waals surface area contributed by atoms with Gasteiger partial charge in [0.05, 0.1) is 35.8 Å². The first-order valence-electron chi connectivity index (χ1n) is 10.8. The van der Waals surface area contributed by atoms with Gasteiger partial charge in [-0.1, -0.05) is 6.07 Å². The summed E-state index contributed by atoms with van der Waals surface area (Å²) < 4.78 is 5.42. The molecular formula is C24H26N4O4S2. The number of amides is 3. The molecule has 4 rings (SSSR count). The number of rotatable bonds is 7. The van der Waals surface area contributed by atoms with Crippen LogP contribution in [0.2, 0.25) is 0 Å². The molecule has 1 atom stereocenters. The summed E-state index contributed by atoms with van der Waals surface area (Å²) in [5.41, 5.74) is 2.51. The summed E-state index contributed by atoms with van der Waals surface area (Å²) in [4.78, 5) is 46.1. The average molecular weight is 499 g/mol. The van der Waals surface area contributed by atoms with Crippen LogP contribution in [0.25, 0.3) is 10.6 Å². The van der Waals surface area contributed by atoms with Gasteiger partial charge in [0, 0.05) is 29.6 Å². The highest BCUT2D eigenvalue weighted by Crippen LogP contribution is 2.36. The molecule has 1 aliphatic rings. The van der Waals surface area contributed by atoms with Gasteiger partial charge in [-0.05, 0) is 43.7 Å². The van der Waals surface area contributed by atoms with Gasteiger partial charge in [0.15, 0.2) is 5.13 Å². The third-order valence-electron chi connectivity index (χ3n) is 5.55. The van der Waals surface area contributed by atoms with Gasteiger partial charge in [-0.2, -0.15) is 0 Å². The number of benzene rings is 1. The Labute approximate surface area is 206 Å². The maximum atomic E-state index is 13.0. The van der Waals surface area contributed by atoms with Crippen molar-refractivity contribution in [2.75, 3.05) is 23.9 Å². The van der Waals surface area contributed by atoms with Gasteiger partial charge in [0.25, 0.3) is 0 Å². The van der Waals surface area contributed by atoms with Crippen molar-refractivity contribution in [3.63, 3.8) is 0 Å². The van der Waals surface area contributed by atoms with Crippen molar-refractivity contribution in [3.05, 3.63) is 45.6 Å². The number of thiophene rings is 1. The minimum absolute atomic E-state index is 0.0745. The van der Waals surface area contributed by atoms with E-state index in [0.717, 1.165) is 25.9 Å². The van der Waals surface area contributed by atoms with Crippen molar-refractivity contribution < 1.29 is 19.1 Å². The number of anilines is 2. The van der Waals surface area contributed by atoms with Crippen LogP contribution in [0.4, 0.5) is 10.8 Å². The van der Waals surface area contributed by atoms with E-state index in [2.05, 4.69) is 15.6 Å². The second-order valence-corrected chi connectivity index (χ2v) is 10.5. The molecule has 1 fully saturated rings. The van der Waals surface area contributed by atoms with Crippen LogP contribution in [0.5, 0.6) is 5.75 Å². The van der Waals surface area contributed by atoms with E-state index in [1.165, 1.54) is 18.3 Å². The summed E-state index contributed by atoms with van der Waals surface area (Å²) in [7, 11) is 1.57. The van der Waals surface area contributed by atoms with Crippen molar-refractivity contribution in [2.45, 2.75) is 33.7 Å². The van der Waals surface area contributed by atoms with E-state index >= 15 is 0 Å². The number of carbonyl (C=O) groups is 3. The lowest BCUT2D eigenvalue weighted by molar-refractivity contribution is -0.122. The second-order valence-electron chi connectivity index (χ2n) is 8.17. The Kier molecular flexibility index (Phi) is 6.99. The Morgan fingerprint density at radius 3 is 2.74 bits per heavy atom. The molecule has 0 aliphatic carbocycles. The van der Waals surface area contributed by atoms with Gasteiger partial charge in [-0.15, -0.1) is 22.7 Å². The van der Waals surface area contributed by atoms with Crippen LogP contribution in [0.3, 0.4) is 0 Å². The van der Waals surface area contributed by atoms with Crippen LogP contribution >= 0.6 is 22.7 Å². The Balaban J connectivity index is 1.44. The monoisotopic (exact) mass is 498 g/mol. The Bertz CT molecular complexity index is 1250. The largest absolute Gasteiger partial charge is 0.495 e. The summed E-state index contributed by atoms with van der Waals surface area (Å²) in [6.07, 6.45) is 0.136. The average Bonchev–Trinajstić information content (AvgIpc) is 3.50. The second kappa shape index (κ2) is 9.94. The lowest BCUT2D eigenvalue weighted by Gasteiger charge is -2.20. The van der Waals surface area contributed by atoms with Crippen molar-refractivity contribution in [1.29, 1.82) is 0 Å². The van der Waals surface area contributed by atoms with Gasteiger partial charge < -0.3 is 20.3 Å². The number of aryl methyl sites for hydroxylation is 2. The number of hydrogen-bond acceptors (Lipinski definition) is 7. The number of nitrogens with zero attached hydrogens (tertiary/aromatic N) is 2. The van der Waals surface area contributed by atoms with E-state index in [-0.39, 0.29) is 24.1 Å². The standard InChI is InChI=1S/C24H26N4O4S2/c1-13-5-7-19(32-4)18(9-13)28-12-16(10-21(28)30)23(31)27-24-26-22(14(2)33-24)20-8-6-17(34-20)11-25-15(3)29/h5-9,16H,10-12H2,1-4H3,(H,25,29)(H,26,27,31). The lowest BCUT2D eigenvalue weighted by Crippen LogP contribution is -2.28. The van der Waals surface area contributed by atoms with Crippen LogP contribution in [0.1, 0.15) is 28.7 Å². The zero-order valence-electron chi connectivity index (χ0n) is 19.4. The van der Waals surface area contributed by atoms with E-state index in [1.807, 2.05) is 44.2 Å². The smallest absolute Gasteiger partial charge is 0.231 e. The van der Waals surface area contributed by atoms with Gasteiger partial charge in [-0.3, -0.25) is 14.4 Å². The third-order valence-corrected chi connectivity index (χ3v) is 7.53. The van der Waals surface area contributed by atoms with Crippen LogP contribution in [0, 0.1) is 19.8 Å². The summed E-state index contributed by atoms with van der Waals surface area (Å²) in [5, 5.41) is 6.20. The van der Waals surface area contributed by atoms with Gasteiger partial charge in [0.2, 0.25) is 17.7 Å². The Morgan fingerprint density at radius 2 is 2.00 bits per heavy atom. The predicted molar refractivity (Wildman–Crippen MR) is 135 cm³/mol. The molecule has 2 aromatic heterocycles. The highest BCUT2D eigenvalue weighted by molar-refractivity contribution is 7.18. The highest BCUT2D eigenvalue weighted by atomic mass is 32.1. The zero-order valence-corrected chi connectivity index (χ0v) is 21.1. The molecule has 2 N–H and O–H groups in total. The van der Waals surface area contributed by atoms with E-state index in [0.29, 0.717) is 29.7 Å². The SMILES string of the molecule is COc1ccc(C)cc1N1CC(C(=O)Nc2nc(-c3ccc(CNC(C)=O)s3)c(C)s2)CC1=O. The molecule has 0 bridgehead atoms. The molecule has 34 heavy (non-hydrogen) atoms. The fourth-order valence-corrected chi connectivity index (χ4v) is 5.71. The molecule has 3 amide bonds. The number of ether oxygens (including phenoxy) is 1. The molecule has 3 heterocycles. The first kappa shape index (κ1) is 23.9. The minimum atomic E-state index is -0.476. The molecule has 0 radical (unpaired) electrons. The first-order chi connectivity index (χ1) is 16.2. The third kappa shape index (κ3) is 5.13. The number of thiazole rings is 1. The molecule has 1 unspecified atom stereocenters. The molecule has 0 saturated carbocycles. The lowest BCUT2D eigenvalue weighted by atomic mass is 10.1. The predicted octanol–water partition coefficient (Wildman–Crippen LogP) is 4.12. The van der Waals surface area contributed by atoms with Crippen LogP contribution < -0.4 is 20.3 Å². The first-order valence-corrected chi connectivity index (χ1v) is 12.4. The van der Waals surface area contributed by atoms with Crippen molar-refractivity contribution in [2.24, 2.45) is 5.92 Å². The maximum absolute atomic E-state index is 13.0. The molecule has 178 valence electrons. The fraction of sp³-hybridized carbons (Fsp3) is 0.333. The van der Waals surface area contributed by atoms with Crippen molar-refractivity contribution in [1.82, 2.24) is 10.3 Å². The molecule has 1 aliphatic heterocycles. The topological polar surface area (TPSA) is 101 Å². The normalized spacial score (nSPS) is 15.5. The summed E-state index contributed by atoms with van der Waals surface area (Å²) >= 11 is 2.96. The van der Waals surface area contributed by atoms with Gasteiger partial charge in [-0.25, -0.2) is 4.98 Å². The molecular weight excluding hydrogens is 472 g/mol. The van der Waals surface area contributed by atoms with E-state index < -0.39 is 5.92 Å². The molecule has 1 aromatic carbocycles. The minimum Gasteiger partial charge on any atom is -0.495 e.